The quantitative estimate of drug-likeness (QED) is 0.445. The van der Waals surface area contributed by atoms with Gasteiger partial charge in [0.1, 0.15) is 17.7 Å². The highest BCUT2D eigenvalue weighted by atomic mass is 16.6. The Morgan fingerprint density at radius 3 is 2.64 bits per heavy atom. The highest BCUT2D eigenvalue weighted by Crippen LogP contribution is 2.12. The number of hydrogen-bond donors (Lipinski definition) is 0. The van der Waals surface area contributed by atoms with Crippen molar-refractivity contribution in [2.45, 2.75) is 13.8 Å². The summed E-state index contributed by atoms with van der Waals surface area (Å²) in [5.74, 6) is 0.549. The van der Waals surface area contributed by atoms with Crippen LogP contribution in [0.25, 0.3) is 0 Å². The Morgan fingerprint density at radius 1 is 1.55 bits per heavy atom. The summed E-state index contributed by atoms with van der Waals surface area (Å²) in [5, 5.41) is 10.3. The summed E-state index contributed by atoms with van der Waals surface area (Å²) in [4.78, 5) is 17.3. The Bertz CT molecular complexity index is 298. The number of rotatable bonds is 1. The molecule has 0 atom stereocenters. The van der Waals surface area contributed by atoms with Crippen molar-refractivity contribution in [3.8, 4) is 0 Å². The van der Waals surface area contributed by atoms with E-state index in [-0.39, 0.29) is 5.69 Å². The van der Waals surface area contributed by atoms with Gasteiger partial charge in [0.25, 0.3) is 0 Å². The minimum atomic E-state index is -0.491. The normalized spacial score (nSPS) is 9.64. The molecule has 0 bridgehead atoms. The molecule has 0 fully saturated rings. The summed E-state index contributed by atoms with van der Waals surface area (Å²) in [7, 11) is 0. The van der Waals surface area contributed by atoms with E-state index in [1.807, 2.05) is 0 Å². The van der Waals surface area contributed by atoms with Crippen LogP contribution in [0.5, 0.6) is 0 Å². The number of aryl methyl sites for hydroxylation is 2. The molecular weight excluding hydrogens is 146 g/mol. The van der Waals surface area contributed by atoms with E-state index in [4.69, 9.17) is 0 Å². The van der Waals surface area contributed by atoms with Crippen molar-refractivity contribution in [2.24, 2.45) is 0 Å². The van der Waals surface area contributed by atoms with Gasteiger partial charge in [-0.1, -0.05) is 0 Å². The number of nitro groups is 1. The molecule has 58 valence electrons. The molecule has 1 rings (SSSR count). The van der Waals surface area contributed by atoms with Gasteiger partial charge in [0.15, 0.2) is 0 Å². The first-order chi connectivity index (χ1) is 5.11. The first-order valence-electron chi connectivity index (χ1n) is 3.06. The summed E-state index contributed by atoms with van der Waals surface area (Å²) < 4.78 is 0. The molecule has 0 aliphatic carbocycles. The topological polar surface area (TPSA) is 68.9 Å². The third kappa shape index (κ3) is 1.49. The summed E-state index contributed by atoms with van der Waals surface area (Å²) in [6, 6.07) is 0. The van der Waals surface area contributed by atoms with Crippen molar-refractivity contribution in [1.82, 2.24) is 9.97 Å². The smallest absolute Gasteiger partial charge is 0.258 e. The van der Waals surface area contributed by atoms with E-state index in [1.54, 1.807) is 13.8 Å². The van der Waals surface area contributed by atoms with E-state index in [0.717, 1.165) is 0 Å². The molecule has 0 radical (unpaired) electrons. The molecule has 0 aliphatic heterocycles. The lowest BCUT2D eigenvalue weighted by Gasteiger charge is -1.94. The zero-order chi connectivity index (χ0) is 8.43. The lowest BCUT2D eigenvalue weighted by atomic mass is 10.4. The van der Waals surface area contributed by atoms with E-state index in [2.05, 4.69) is 9.97 Å². The van der Waals surface area contributed by atoms with Crippen molar-refractivity contribution < 1.29 is 4.92 Å². The van der Waals surface area contributed by atoms with Gasteiger partial charge in [-0.05, 0) is 13.8 Å². The van der Waals surface area contributed by atoms with Gasteiger partial charge in [0, 0.05) is 0 Å². The van der Waals surface area contributed by atoms with Crippen LogP contribution in [-0.4, -0.2) is 14.9 Å². The van der Waals surface area contributed by atoms with Crippen molar-refractivity contribution in [3.63, 3.8) is 0 Å². The largest absolute Gasteiger partial charge is 0.308 e. The molecular formula is C6H7N3O2. The van der Waals surface area contributed by atoms with Gasteiger partial charge in [-0.3, -0.25) is 10.1 Å². The molecule has 11 heavy (non-hydrogen) atoms. The fourth-order valence-electron chi connectivity index (χ4n) is 0.756. The van der Waals surface area contributed by atoms with Gasteiger partial charge in [-0.2, -0.15) is 0 Å². The van der Waals surface area contributed by atoms with Crippen LogP contribution >= 0.6 is 0 Å². The minimum absolute atomic E-state index is 0.0319. The molecule has 0 spiro atoms. The second kappa shape index (κ2) is 2.61. The van der Waals surface area contributed by atoms with E-state index in [1.165, 1.54) is 6.20 Å². The number of nitrogens with zero attached hydrogens (tertiary/aromatic N) is 3. The maximum absolute atomic E-state index is 10.3. The van der Waals surface area contributed by atoms with Crippen LogP contribution in [0.3, 0.4) is 0 Å². The van der Waals surface area contributed by atoms with Crippen molar-refractivity contribution in [2.75, 3.05) is 0 Å². The average molecular weight is 153 g/mol. The third-order valence-electron chi connectivity index (χ3n) is 1.27. The molecule has 0 aromatic carbocycles. The van der Waals surface area contributed by atoms with Gasteiger partial charge in [-0.25, -0.2) is 9.97 Å². The third-order valence-corrected chi connectivity index (χ3v) is 1.27. The summed E-state index contributed by atoms with van der Waals surface area (Å²) in [6.07, 6.45) is 1.22. The van der Waals surface area contributed by atoms with Crippen LogP contribution in [0.2, 0.25) is 0 Å². The SMILES string of the molecule is Cc1ncc([N+](=O)[O-])c(C)n1. The van der Waals surface area contributed by atoms with Crippen LogP contribution in [0.4, 0.5) is 5.69 Å². The predicted molar refractivity (Wildman–Crippen MR) is 38.2 cm³/mol. The van der Waals surface area contributed by atoms with Gasteiger partial charge in [0.05, 0.1) is 4.92 Å². The summed E-state index contributed by atoms with van der Waals surface area (Å²) in [5.41, 5.74) is 0.373. The molecule has 5 heteroatoms. The fraction of sp³-hybridized carbons (Fsp3) is 0.333. The Morgan fingerprint density at radius 2 is 2.18 bits per heavy atom. The van der Waals surface area contributed by atoms with Gasteiger partial charge in [-0.15, -0.1) is 0 Å². The fourth-order valence-corrected chi connectivity index (χ4v) is 0.756. The lowest BCUT2D eigenvalue weighted by Crippen LogP contribution is -1.97. The molecule has 1 aromatic heterocycles. The molecule has 5 nitrogen and oxygen atoms in total. The number of aromatic nitrogens is 2. The van der Waals surface area contributed by atoms with E-state index in [9.17, 15) is 10.1 Å². The minimum Gasteiger partial charge on any atom is -0.258 e. The van der Waals surface area contributed by atoms with E-state index >= 15 is 0 Å². The Kier molecular flexibility index (Phi) is 1.80. The zero-order valence-electron chi connectivity index (χ0n) is 6.24. The highest BCUT2D eigenvalue weighted by Gasteiger charge is 2.10. The molecule has 0 saturated carbocycles. The summed E-state index contributed by atoms with van der Waals surface area (Å²) >= 11 is 0. The zero-order valence-corrected chi connectivity index (χ0v) is 6.24. The molecule has 0 saturated heterocycles. The second-order valence-electron chi connectivity index (χ2n) is 2.14. The van der Waals surface area contributed by atoms with Crippen molar-refractivity contribution >= 4 is 5.69 Å². The highest BCUT2D eigenvalue weighted by molar-refractivity contribution is 5.30. The maximum atomic E-state index is 10.3. The van der Waals surface area contributed by atoms with Crippen LogP contribution in [0, 0.1) is 24.0 Å². The van der Waals surface area contributed by atoms with E-state index < -0.39 is 4.92 Å². The first kappa shape index (κ1) is 7.59. The molecule has 0 N–H and O–H groups in total. The molecule has 1 aromatic rings. The standard InChI is InChI=1S/C6H7N3O2/c1-4-6(9(10)11)3-7-5(2)8-4/h3H,1-2H3. The van der Waals surface area contributed by atoms with E-state index in [0.29, 0.717) is 11.5 Å². The van der Waals surface area contributed by atoms with Crippen LogP contribution in [-0.2, 0) is 0 Å². The monoisotopic (exact) mass is 153 g/mol. The second-order valence-corrected chi connectivity index (χ2v) is 2.14. The van der Waals surface area contributed by atoms with Gasteiger partial charge >= 0.3 is 5.69 Å². The van der Waals surface area contributed by atoms with Crippen LogP contribution in [0.15, 0.2) is 6.20 Å². The Hall–Kier alpha value is -1.52. The molecule has 0 amide bonds. The van der Waals surface area contributed by atoms with Crippen molar-refractivity contribution in [3.05, 3.63) is 27.8 Å². The Labute approximate surface area is 63.3 Å². The number of hydrogen-bond acceptors (Lipinski definition) is 4. The van der Waals surface area contributed by atoms with Gasteiger partial charge in [0.2, 0.25) is 0 Å². The lowest BCUT2D eigenvalue weighted by molar-refractivity contribution is -0.386. The Balaban J connectivity index is 3.20. The van der Waals surface area contributed by atoms with Crippen LogP contribution in [0.1, 0.15) is 11.5 Å². The first-order valence-corrected chi connectivity index (χ1v) is 3.06. The van der Waals surface area contributed by atoms with Crippen LogP contribution < -0.4 is 0 Å². The summed E-state index contributed by atoms with van der Waals surface area (Å²) in [6.45, 7) is 3.28. The van der Waals surface area contributed by atoms with Crippen molar-refractivity contribution in [1.29, 1.82) is 0 Å². The molecule has 1 heterocycles. The molecule has 0 aliphatic rings. The maximum Gasteiger partial charge on any atom is 0.308 e. The van der Waals surface area contributed by atoms with Gasteiger partial charge < -0.3 is 0 Å². The molecule has 0 unspecified atom stereocenters. The predicted octanol–water partition coefficient (Wildman–Crippen LogP) is 1.00. The average Bonchev–Trinajstić information content (AvgIpc) is 1.85.